The minimum Gasteiger partial charge on any atom is -0.379 e. The Labute approximate surface area is 113 Å². The van der Waals surface area contributed by atoms with Crippen LogP contribution < -0.4 is 0 Å². The largest absolute Gasteiger partial charge is 0.379 e. The molecular weight excluding hydrogens is 226 g/mol. The van der Waals surface area contributed by atoms with Gasteiger partial charge in [-0.3, -0.25) is 4.90 Å². The average molecular weight is 257 g/mol. The zero-order valence-corrected chi connectivity index (χ0v) is 13.2. The van der Waals surface area contributed by atoms with Gasteiger partial charge in [-0.1, -0.05) is 0 Å². The Morgan fingerprint density at radius 1 is 0.833 bits per heavy atom. The molecule has 0 aromatic heterocycles. The Balaban J connectivity index is 2.37. The molecule has 108 valence electrons. The van der Waals surface area contributed by atoms with E-state index in [1.165, 1.54) is 0 Å². The van der Waals surface area contributed by atoms with E-state index < -0.39 is 0 Å². The van der Waals surface area contributed by atoms with Gasteiger partial charge in [0.15, 0.2) is 0 Å². The van der Waals surface area contributed by atoms with Gasteiger partial charge >= 0.3 is 0 Å². The summed E-state index contributed by atoms with van der Waals surface area (Å²) in [7, 11) is 2.21. The van der Waals surface area contributed by atoms with Crippen molar-refractivity contribution in [3.05, 3.63) is 0 Å². The molecule has 0 radical (unpaired) electrons. The van der Waals surface area contributed by atoms with E-state index in [1.807, 2.05) is 0 Å². The Bertz CT molecular complexity index is 241. The number of rotatable bonds is 8. The third-order valence-electron chi connectivity index (χ3n) is 4.67. The normalized spacial score (nSPS) is 35.5. The fourth-order valence-electron chi connectivity index (χ4n) is 2.81. The predicted octanol–water partition coefficient (Wildman–Crippen LogP) is 3.08. The fraction of sp³-hybridized carbons (Fsp3) is 1.00. The molecule has 18 heavy (non-hydrogen) atoms. The van der Waals surface area contributed by atoms with E-state index in [2.05, 4.69) is 53.5 Å². The second-order valence-corrected chi connectivity index (χ2v) is 6.45. The van der Waals surface area contributed by atoms with Crippen molar-refractivity contribution in [1.29, 1.82) is 0 Å². The molecule has 1 aliphatic heterocycles. The second kappa shape index (κ2) is 5.89. The van der Waals surface area contributed by atoms with Gasteiger partial charge in [-0.05, 0) is 61.4 Å². The summed E-state index contributed by atoms with van der Waals surface area (Å²) in [6.45, 7) is 14.7. The monoisotopic (exact) mass is 257 g/mol. The van der Waals surface area contributed by atoms with E-state index in [4.69, 9.17) is 9.47 Å². The van der Waals surface area contributed by atoms with Crippen LogP contribution >= 0.6 is 0 Å². The van der Waals surface area contributed by atoms with Crippen molar-refractivity contribution >= 4 is 0 Å². The molecule has 0 N–H and O–H groups in total. The van der Waals surface area contributed by atoms with Crippen LogP contribution in [0.2, 0.25) is 0 Å². The van der Waals surface area contributed by atoms with Gasteiger partial charge in [-0.15, -0.1) is 0 Å². The molecule has 1 saturated heterocycles. The van der Waals surface area contributed by atoms with Crippen molar-refractivity contribution in [3.8, 4) is 0 Å². The molecule has 2 atom stereocenters. The first-order chi connectivity index (χ1) is 8.24. The first kappa shape index (κ1) is 15.9. The summed E-state index contributed by atoms with van der Waals surface area (Å²) < 4.78 is 11.4. The van der Waals surface area contributed by atoms with Crippen molar-refractivity contribution in [2.75, 3.05) is 20.3 Å². The van der Waals surface area contributed by atoms with Crippen LogP contribution in [0, 0.1) is 0 Å². The highest BCUT2D eigenvalue weighted by Crippen LogP contribution is 2.54. The topological polar surface area (TPSA) is 21.5 Å². The van der Waals surface area contributed by atoms with E-state index in [9.17, 15) is 0 Å². The van der Waals surface area contributed by atoms with Crippen LogP contribution in [0.25, 0.3) is 0 Å². The van der Waals surface area contributed by atoms with Crippen molar-refractivity contribution in [2.24, 2.45) is 0 Å². The lowest BCUT2D eigenvalue weighted by atomic mass is 9.91. The third-order valence-corrected chi connectivity index (χ3v) is 4.67. The van der Waals surface area contributed by atoms with Gasteiger partial charge < -0.3 is 9.47 Å². The summed E-state index contributed by atoms with van der Waals surface area (Å²) in [5.74, 6) is 0. The number of ether oxygens (including phenoxy) is 2. The Hall–Kier alpha value is -0.120. The molecular formula is C15H31NO2. The van der Waals surface area contributed by atoms with Gasteiger partial charge in [0.05, 0.1) is 12.2 Å². The molecule has 1 aliphatic rings. The molecule has 0 amide bonds. The van der Waals surface area contributed by atoms with Crippen molar-refractivity contribution in [3.63, 3.8) is 0 Å². The lowest BCUT2D eigenvalue weighted by Gasteiger charge is -2.17. The first-order valence-electron chi connectivity index (χ1n) is 7.21. The van der Waals surface area contributed by atoms with E-state index in [-0.39, 0.29) is 11.1 Å². The van der Waals surface area contributed by atoms with Gasteiger partial charge in [-0.25, -0.2) is 0 Å². The Morgan fingerprint density at radius 3 is 1.44 bits per heavy atom. The predicted molar refractivity (Wildman–Crippen MR) is 76.0 cm³/mol. The Morgan fingerprint density at radius 2 is 1.17 bits per heavy atom. The van der Waals surface area contributed by atoms with E-state index in [0.29, 0.717) is 12.2 Å². The lowest BCUT2D eigenvalue weighted by Crippen LogP contribution is -2.24. The molecule has 1 fully saturated rings. The molecule has 1 heterocycles. The second-order valence-electron chi connectivity index (χ2n) is 6.45. The molecule has 0 spiro atoms. The maximum atomic E-state index is 5.68. The number of likely N-dealkylation sites (N-methyl/N-ethyl adjacent to an activating group) is 1. The van der Waals surface area contributed by atoms with Crippen LogP contribution in [0.3, 0.4) is 0 Å². The molecule has 0 aliphatic carbocycles. The molecule has 3 nitrogen and oxygen atoms in total. The van der Waals surface area contributed by atoms with Crippen molar-refractivity contribution < 1.29 is 9.47 Å². The van der Waals surface area contributed by atoms with Crippen molar-refractivity contribution in [1.82, 2.24) is 4.90 Å². The minimum absolute atomic E-state index is 0.266. The summed E-state index contributed by atoms with van der Waals surface area (Å²) in [6, 6.07) is 0. The molecule has 0 aromatic rings. The molecule has 0 saturated carbocycles. The van der Waals surface area contributed by atoms with Crippen LogP contribution in [0.15, 0.2) is 0 Å². The van der Waals surface area contributed by atoms with Gasteiger partial charge in [0.1, 0.15) is 0 Å². The highest BCUT2D eigenvalue weighted by molar-refractivity contribution is 5.22. The van der Waals surface area contributed by atoms with Gasteiger partial charge in [0.2, 0.25) is 0 Å². The number of hydrogen-bond donors (Lipinski definition) is 0. The molecule has 1 rings (SSSR count). The van der Waals surface area contributed by atoms with E-state index >= 15 is 0 Å². The summed E-state index contributed by atoms with van der Waals surface area (Å²) in [4.78, 5) is 2.47. The summed E-state index contributed by atoms with van der Waals surface area (Å²) >= 11 is 0. The molecule has 2 unspecified atom stereocenters. The van der Waals surface area contributed by atoms with Gasteiger partial charge in [-0.2, -0.15) is 0 Å². The summed E-state index contributed by atoms with van der Waals surface area (Å²) in [5.41, 5.74) is 0.532. The smallest absolute Gasteiger partial charge is 0.0518 e. The van der Waals surface area contributed by atoms with Crippen LogP contribution in [0.4, 0.5) is 0 Å². The third kappa shape index (κ3) is 3.25. The highest BCUT2D eigenvalue weighted by Gasteiger charge is 2.65. The highest BCUT2D eigenvalue weighted by atomic mass is 16.5. The summed E-state index contributed by atoms with van der Waals surface area (Å²) in [5, 5.41) is 0. The number of hydrogen-bond acceptors (Lipinski definition) is 3. The van der Waals surface area contributed by atoms with Crippen LogP contribution in [0.1, 0.15) is 54.4 Å². The lowest BCUT2D eigenvalue weighted by molar-refractivity contribution is 0.0641. The maximum absolute atomic E-state index is 5.68. The molecule has 0 bridgehead atoms. The first-order valence-corrected chi connectivity index (χ1v) is 7.21. The van der Waals surface area contributed by atoms with Gasteiger partial charge in [0.25, 0.3) is 0 Å². The number of nitrogens with zero attached hydrogens (tertiary/aromatic N) is 1. The van der Waals surface area contributed by atoms with E-state index in [0.717, 1.165) is 26.1 Å². The van der Waals surface area contributed by atoms with Crippen LogP contribution in [-0.2, 0) is 9.47 Å². The van der Waals surface area contributed by atoms with Gasteiger partial charge in [0, 0.05) is 24.3 Å². The van der Waals surface area contributed by atoms with Crippen LogP contribution in [-0.4, -0.2) is 48.4 Å². The molecule has 0 aromatic carbocycles. The summed E-state index contributed by atoms with van der Waals surface area (Å²) in [6.07, 6.45) is 2.85. The quantitative estimate of drug-likeness (QED) is 0.624. The molecule has 3 heteroatoms. The zero-order valence-electron chi connectivity index (χ0n) is 13.2. The Kier molecular flexibility index (Phi) is 5.22. The van der Waals surface area contributed by atoms with Crippen molar-refractivity contribution in [2.45, 2.75) is 77.7 Å². The minimum atomic E-state index is 0.266. The fourth-order valence-corrected chi connectivity index (χ4v) is 2.81. The zero-order chi connectivity index (χ0) is 14.0. The SMILES string of the molecule is CC(C)OCCC1(C)N(C)C1(C)CCOC(C)C. The van der Waals surface area contributed by atoms with E-state index in [1.54, 1.807) is 0 Å². The average Bonchev–Trinajstić information content (AvgIpc) is 2.64. The standard InChI is InChI=1S/C15H31NO2/c1-12(2)17-10-8-14(5)15(6,16(14)7)9-11-18-13(3)4/h12-13H,8-11H2,1-7H3. The maximum Gasteiger partial charge on any atom is 0.0518 e. The van der Waals surface area contributed by atoms with Crippen LogP contribution in [0.5, 0.6) is 0 Å².